The van der Waals surface area contributed by atoms with Crippen LogP contribution < -0.4 is 9.64 Å². The summed E-state index contributed by atoms with van der Waals surface area (Å²) in [5.41, 5.74) is 0.00513. The fraction of sp³-hybridized carbons (Fsp3) is 0.214. The van der Waals surface area contributed by atoms with Crippen molar-refractivity contribution in [2.24, 2.45) is 16.9 Å². The summed E-state index contributed by atoms with van der Waals surface area (Å²) in [6.07, 6.45) is -3.23. The largest absolute Gasteiger partial charge is 0.497 e. The number of rotatable bonds is 4. The molecule has 0 spiro atoms. The number of anilines is 1. The van der Waals surface area contributed by atoms with E-state index in [1.54, 1.807) is 54.7 Å². The fourth-order valence-corrected chi connectivity index (χ4v) is 5.74. The maximum Gasteiger partial charge on any atom is 0.418 e. The molecule has 7 nitrogen and oxygen atoms in total. The number of imide groups is 1. The number of hydrogen-bond donors (Lipinski definition) is 0. The summed E-state index contributed by atoms with van der Waals surface area (Å²) in [6.45, 7) is 0. The lowest BCUT2D eigenvalue weighted by atomic mass is 9.83. The number of fused-ring (bicyclic) bond motifs is 5. The SMILES string of the molecule is COc1ccc(C(=O)[C@@H]2[C@@H]3C(=O)N(c4ccccc4C(F)(F)F)C(=O)[C@H]3[C@H]3c4ccccc4C=NN23)cc1. The van der Waals surface area contributed by atoms with Crippen molar-refractivity contribution in [3.05, 3.63) is 95.1 Å². The van der Waals surface area contributed by atoms with Gasteiger partial charge in [0.1, 0.15) is 11.8 Å². The number of ether oxygens (including phenoxy) is 1. The lowest BCUT2D eigenvalue weighted by Crippen LogP contribution is -2.45. The second-order valence-electron chi connectivity index (χ2n) is 9.31. The van der Waals surface area contributed by atoms with Crippen LogP contribution in [0.1, 0.15) is 33.1 Å². The van der Waals surface area contributed by atoms with E-state index in [4.69, 9.17) is 4.74 Å². The minimum absolute atomic E-state index is 0.263. The van der Waals surface area contributed by atoms with E-state index < -0.39 is 58.9 Å². The molecule has 192 valence electrons. The first-order chi connectivity index (χ1) is 18.2. The molecule has 2 fully saturated rings. The third-order valence-corrected chi connectivity index (χ3v) is 7.39. The molecule has 0 unspecified atom stereocenters. The fourth-order valence-electron chi connectivity index (χ4n) is 5.74. The number of hydrogen-bond acceptors (Lipinski definition) is 6. The molecule has 2 amide bonds. The second-order valence-corrected chi connectivity index (χ2v) is 9.31. The van der Waals surface area contributed by atoms with Crippen molar-refractivity contribution in [3.63, 3.8) is 0 Å². The first-order valence-electron chi connectivity index (χ1n) is 11.9. The molecule has 10 heteroatoms. The maximum absolute atomic E-state index is 13.9. The van der Waals surface area contributed by atoms with Gasteiger partial charge < -0.3 is 4.74 Å². The van der Waals surface area contributed by atoms with E-state index >= 15 is 0 Å². The Bertz CT molecular complexity index is 1500. The van der Waals surface area contributed by atoms with Crippen molar-refractivity contribution >= 4 is 29.5 Å². The predicted octanol–water partition coefficient (Wildman–Crippen LogP) is 4.48. The standard InChI is InChI=1S/C28H20F3N3O4/c1-38-17-12-10-15(11-13-17)25(35)24-22-21(23-18-7-3-2-6-16(18)14-32-34(23)24)26(36)33(27(22)37)20-9-5-4-8-19(20)28(29,30)31/h2-14,21-24H,1H3/t21-,22-,23-,24+/m1/s1. The average Bonchev–Trinajstić information content (AvgIpc) is 3.40. The first kappa shape index (κ1) is 23.9. The number of amides is 2. The summed E-state index contributed by atoms with van der Waals surface area (Å²) in [6, 6.07) is 15.9. The van der Waals surface area contributed by atoms with Crippen LogP contribution in [0.15, 0.2) is 77.9 Å². The Morgan fingerprint density at radius 2 is 1.55 bits per heavy atom. The Hall–Kier alpha value is -4.47. The third kappa shape index (κ3) is 3.43. The first-order valence-corrected chi connectivity index (χ1v) is 11.9. The lowest BCUT2D eigenvalue weighted by molar-refractivity contribution is -0.137. The van der Waals surface area contributed by atoms with Gasteiger partial charge in [0.15, 0.2) is 5.78 Å². The van der Waals surface area contributed by atoms with E-state index in [-0.39, 0.29) is 5.56 Å². The molecule has 6 rings (SSSR count). The van der Waals surface area contributed by atoms with Gasteiger partial charge in [-0.15, -0.1) is 0 Å². The van der Waals surface area contributed by atoms with Gasteiger partial charge in [0.2, 0.25) is 11.8 Å². The molecule has 0 aromatic heterocycles. The summed E-state index contributed by atoms with van der Waals surface area (Å²) < 4.78 is 46.7. The molecule has 0 saturated carbocycles. The molecule has 4 atom stereocenters. The van der Waals surface area contributed by atoms with Crippen molar-refractivity contribution in [1.29, 1.82) is 0 Å². The van der Waals surface area contributed by atoms with Crippen LogP contribution in [0.3, 0.4) is 0 Å². The molecular weight excluding hydrogens is 499 g/mol. The molecule has 3 aromatic rings. The van der Waals surface area contributed by atoms with Crippen LogP contribution in [0.4, 0.5) is 18.9 Å². The number of Topliss-reactive ketones (excluding diaryl/α,β-unsaturated/α-hetero) is 1. The van der Waals surface area contributed by atoms with Crippen LogP contribution in [0, 0.1) is 11.8 Å². The quantitative estimate of drug-likeness (QED) is 0.375. The number of carbonyl (C=O) groups is 3. The zero-order valence-electron chi connectivity index (χ0n) is 19.9. The van der Waals surface area contributed by atoms with E-state index in [2.05, 4.69) is 5.10 Å². The highest BCUT2D eigenvalue weighted by molar-refractivity contribution is 6.25. The molecule has 0 N–H and O–H groups in total. The molecule has 3 aliphatic heterocycles. The molecule has 3 heterocycles. The smallest absolute Gasteiger partial charge is 0.418 e. The molecular formula is C28H20F3N3O4. The zero-order chi connectivity index (χ0) is 26.8. The van der Waals surface area contributed by atoms with Crippen molar-refractivity contribution in [2.45, 2.75) is 18.3 Å². The molecule has 3 aromatic carbocycles. The van der Waals surface area contributed by atoms with Gasteiger partial charge in [0.25, 0.3) is 0 Å². The Labute approximate surface area is 215 Å². The van der Waals surface area contributed by atoms with E-state index in [1.807, 2.05) is 0 Å². The molecule has 38 heavy (non-hydrogen) atoms. The number of methoxy groups -OCH3 is 1. The van der Waals surface area contributed by atoms with E-state index in [1.165, 1.54) is 24.3 Å². The highest BCUT2D eigenvalue weighted by atomic mass is 19.4. The summed E-state index contributed by atoms with van der Waals surface area (Å²) in [5.74, 6) is -3.92. The zero-order valence-corrected chi connectivity index (χ0v) is 19.9. The highest BCUT2D eigenvalue weighted by Gasteiger charge is 2.65. The number of alkyl halides is 3. The Morgan fingerprint density at radius 3 is 2.26 bits per heavy atom. The van der Waals surface area contributed by atoms with Gasteiger partial charge in [-0.3, -0.25) is 19.4 Å². The van der Waals surface area contributed by atoms with Gasteiger partial charge in [0.05, 0.1) is 42.5 Å². The Kier molecular flexibility index (Phi) is 5.37. The van der Waals surface area contributed by atoms with Crippen molar-refractivity contribution in [1.82, 2.24) is 5.01 Å². The normalized spacial score (nSPS) is 23.8. The van der Waals surface area contributed by atoms with Crippen LogP contribution in [0.25, 0.3) is 0 Å². The number of benzene rings is 3. The minimum Gasteiger partial charge on any atom is -0.497 e. The molecule has 2 saturated heterocycles. The molecule has 0 radical (unpaired) electrons. The van der Waals surface area contributed by atoms with Gasteiger partial charge >= 0.3 is 6.18 Å². The lowest BCUT2D eigenvalue weighted by Gasteiger charge is -2.34. The van der Waals surface area contributed by atoms with Gasteiger partial charge in [-0.25, -0.2) is 4.90 Å². The van der Waals surface area contributed by atoms with Crippen LogP contribution in [0.2, 0.25) is 0 Å². The Morgan fingerprint density at radius 1 is 0.895 bits per heavy atom. The average molecular weight is 519 g/mol. The Balaban J connectivity index is 1.50. The molecule has 0 bridgehead atoms. The van der Waals surface area contributed by atoms with Crippen molar-refractivity contribution in [3.8, 4) is 5.75 Å². The summed E-state index contributed by atoms with van der Waals surface area (Å²) in [4.78, 5) is 42.2. The predicted molar refractivity (Wildman–Crippen MR) is 131 cm³/mol. The van der Waals surface area contributed by atoms with Gasteiger partial charge in [-0.05, 0) is 47.5 Å². The third-order valence-electron chi connectivity index (χ3n) is 7.39. The highest BCUT2D eigenvalue weighted by Crippen LogP contribution is 2.54. The molecule has 0 aliphatic carbocycles. The number of carbonyl (C=O) groups excluding carboxylic acids is 3. The van der Waals surface area contributed by atoms with Gasteiger partial charge in [-0.1, -0.05) is 36.4 Å². The summed E-state index contributed by atoms with van der Waals surface area (Å²) >= 11 is 0. The number of para-hydroxylation sites is 1. The van der Waals surface area contributed by atoms with Crippen molar-refractivity contribution < 1.29 is 32.3 Å². The van der Waals surface area contributed by atoms with Gasteiger partial charge in [-0.2, -0.15) is 18.3 Å². The van der Waals surface area contributed by atoms with E-state index in [0.29, 0.717) is 21.8 Å². The van der Waals surface area contributed by atoms with E-state index in [9.17, 15) is 27.6 Å². The number of halogens is 3. The van der Waals surface area contributed by atoms with Crippen molar-refractivity contribution in [2.75, 3.05) is 12.0 Å². The molecule has 3 aliphatic rings. The van der Waals surface area contributed by atoms with E-state index in [0.717, 1.165) is 12.1 Å². The summed E-state index contributed by atoms with van der Waals surface area (Å²) in [7, 11) is 1.49. The maximum atomic E-state index is 13.9. The van der Waals surface area contributed by atoms with Gasteiger partial charge in [0, 0.05) is 5.56 Å². The summed E-state index contributed by atoms with van der Waals surface area (Å²) in [5, 5.41) is 5.93. The van der Waals surface area contributed by atoms with Crippen LogP contribution in [0.5, 0.6) is 5.75 Å². The van der Waals surface area contributed by atoms with Crippen LogP contribution in [-0.2, 0) is 15.8 Å². The van der Waals surface area contributed by atoms with Crippen LogP contribution >= 0.6 is 0 Å². The van der Waals surface area contributed by atoms with Crippen LogP contribution in [-0.4, -0.2) is 42.0 Å². The topological polar surface area (TPSA) is 79.3 Å². The number of hydrazone groups is 1. The monoisotopic (exact) mass is 519 g/mol. The number of nitrogens with zero attached hydrogens (tertiary/aromatic N) is 3. The number of ketones is 1. The minimum atomic E-state index is -4.79. The second kappa shape index (κ2) is 8.54.